The Kier molecular flexibility index (Phi) is 3.89. The highest BCUT2D eigenvalue weighted by atomic mass is 16.3. The van der Waals surface area contributed by atoms with E-state index in [9.17, 15) is 9.90 Å². The van der Waals surface area contributed by atoms with Crippen LogP contribution in [0.2, 0.25) is 0 Å². The first-order valence-corrected chi connectivity index (χ1v) is 7.92. The topological polar surface area (TPSA) is 61.4 Å². The van der Waals surface area contributed by atoms with Crippen molar-refractivity contribution in [2.24, 2.45) is 0 Å². The molecule has 4 nitrogen and oxygen atoms in total. The second-order valence-corrected chi connectivity index (χ2v) is 6.61. The van der Waals surface area contributed by atoms with Crippen molar-refractivity contribution in [3.8, 4) is 0 Å². The number of hydrogen-bond donors (Lipinski definition) is 3. The van der Waals surface area contributed by atoms with Crippen LogP contribution < -0.4 is 10.6 Å². The molecule has 0 aliphatic heterocycles. The molecule has 1 aromatic carbocycles. The Morgan fingerprint density at radius 3 is 2.14 bits per heavy atom. The van der Waals surface area contributed by atoms with E-state index in [0.717, 1.165) is 32.1 Å². The monoisotopic (exact) mass is 288 g/mol. The quantitative estimate of drug-likeness (QED) is 0.778. The van der Waals surface area contributed by atoms with Gasteiger partial charge >= 0.3 is 6.03 Å². The molecule has 0 saturated heterocycles. The number of rotatable bonds is 5. The zero-order valence-corrected chi connectivity index (χ0v) is 12.4. The van der Waals surface area contributed by atoms with Gasteiger partial charge in [0.05, 0.1) is 5.60 Å². The van der Waals surface area contributed by atoms with Crippen LogP contribution in [0.1, 0.15) is 44.1 Å². The Hall–Kier alpha value is -1.55. The van der Waals surface area contributed by atoms with Crippen molar-refractivity contribution in [1.29, 1.82) is 0 Å². The predicted molar refractivity (Wildman–Crippen MR) is 82.2 cm³/mol. The van der Waals surface area contributed by atoms with Crippen molar-refractivity contribution in [2.75, 3.05) is 13.1 Å². The average molecular weight is 288 g/mol. The predicted octanol–water partition coefficient (Wildman–Crippen LogP) is 2.32. The molecule has 2 aliphatic rings. The first-order chi connectivity index (χ1) is 10.1. The highest BCUT2D eigenvalue weighted by Crippen LogP contribution is 2.43. The van der Waals surface area contributed by atoms with Gasteiger partial charge in [-0.2, -0.15) is 0 Å². The Labute approximate surface area is 125 Å². The second kappa shape index (κ2) is 5.68. The van der Waals surface area contributed by atoms with Crippen molar-refractivity contribution >= 4 is 6.03 Å². The van der Waals surface area contributed by atoms with Crippen LogP contribution in [0.25, 0.3) is 0 Å². The maximum atomic E-state index is 11.9. The van der Waals surface area contributed by atoms with E-state index in [4.69, 9.17) is 0 Å². The third-order valence-corrected chi connectivity index (χ3v) is 5.15. The van der Waals surface area contributed by atoms with Crippen LogP contribution in [-0.2, 0) is 5.41 Å². The number of carbonyl (C=O) groups is 1. The largest absolute Gasteiger partial charge is 0.388 e. The summed E-state index contributed by atoms with van der Waals surface area (Å²) in [5.74, 6) is 0. The van der Waals surface area contributed by atoms with Crippen LogP contribution in [0, 0.1) is 0 Å². The lowest BCUT2D eigenvalue weighted by Gasteiger charge is -2.42. The summed E-state index contributed by atoms with van der Waals surface area (Å²) in [5, 5.41) is 15.8. The summed E-state index contributed by atoms with van der Waals surface area (Å²) in [7, 11) is 0. The maximum absolute atomic E-state index is 11.9. The van der Waals surface area contributed by atoms with E-state index in [0.29, 0.717) is 13.1 Å². The number of nitrogens with one attached hydrogen (secondary N) is 2. The van der Waals surface area contributed by atoms with Gasteiger partial charge in [0.25, 0.3) is 0 Å². The molecule has 0 radical (unpaired) electrons. The molecule has 0 atom stereocenters. The van der Waals surface area contributed by atoms with E-state index in [1.807, 2.05) is 6.07 Å². The molecule has 3 rings (SSSR count). The minimum Gasteiger partial charge on any atom is -0.388 e. The summed E-state index contributed by atoms with van der Waals surface area (Å²) in [6.07, 6.45) is 6.11. The first-order valence-electron chi connectivity index (χ1n) is 7.92. The fourth-order valence-electron chi connectivity index (χ4n) is 3.28. The molecule has 0 heterocycles. The number of aliphatic hydroxyl groups is 1. The van der Waals surface area contributed by atoms with Gasteiger partial charge in [-0.1, -0.05) is 36.8 Å². The number of hydrogen-bond acceptors (Lipinski definition) is 2. The molecular weight excluding hydrogens is 264 g/mol. The minimum atomic E-state index is -0.662. The Morgan fingerprint density at radius 2 is 1.62 bits per heavy atom. The van der Waals surface area contributed by atoms with E-state index in [1.54, 1.807) is 0 Å². The maximum Gasteiger partial charge on any atom is 0.314 e. The van der Waals surface area contributed by atoms with Gasteiger partial charge in [0, 0.05) is 18.5 Å². The lowest BCUT2D eigenvalue weighted by molar-refractivity contribution is -0.0290. The zero-order chi connectivity index (χ0) is 14.8. The standard InChI is InChI=1S/C17H24N2O2/c20-15(19-13-17(21)10-5-11-17)18-12-16(8-4-9-16)14-6-2-1-3-7-14/h1-3,6-7,21H,4-5,8-13H2,(H2,18,19,20). The molecule has 1 aromatic rings. The van der Waals surface area contributed by atoms with Gasteiger partial charge in [-0.05, 0) is 37.7 Å². The molecule has 2 amide bonds. The lowest BCUT2D eigenvalue weighted by Crippen LogP contribution is -2.52. The molecule has 0 bridgehead atoms. The molecule has 114 valence electrons. The third kappa shape index (κ3) is 3.05. The normalized spacial score (nSPS) is 21.8. The fourth-order valence-corrected chi connectivity index (χ4v) is 3.28. The van der Waals surface area contributed by atoms with Crippen LogP contribution in [0.3, 0.4) is 0 Å². The Bertz CT molecular complexity index is 493. The fraction of sp³-hybridized carbons (Fsp3) is 0.588. The Balaban J connectivity index is 1.50. The molecule has 2 fully saturated rings. The second-order valence-electron chi connectivity index (χ2n) is 6.61. The van der Waals surface area contributed by atoms with Gasteiger partial charge in [-0.15, -0.1) is 0 Å². The number of urea groups is 1. The van der Waals surface area contributed by atoms with Crippen molar-refractivity contribution < 1.29 is 9.90 Å². The number of carbonyl (C=O) groups excluding carboxylic acids is 1. The minimum absolute atomic E-state index is 0.103. The van der Waals surface area contributed by atoms with E-state index < -0.39 is 5.60 Å². The van der Waals surface area contributed by atoms with Gasteiger partial charge in [0.1, 0.15) is 0 Å². The smallest absolute Gasteiger partial charge is 0.314 e. The highest BCUT2D eigenvalue weighted by Gasteiger charge is 2.39. The molecule has 4 heteroatoms. The van der Waals surface area contributed by atoms with Crippen molar-refractivity contribution in [3.05, 3.63) is 35.9 Å². The van der Waals surface area contributed by atoms with Gasteiger partial charge in [0.15, 0.2) is 0 Å². The van der Waals surface area contributed by atoms with Gasteiger partial charge in [-0.3, -0.25) is 0 Å². The van der Waals surface area contributed by atoms with Gasteiger partial charge < -0.3 is 15.7 Å². The SMILES string of the molecule is O=C(NCC1(O)CCC1)NCC1(c2ccccc2)CCC1. The van der Waals surface area contributed by atoms with Gasteiger partial charge in [-0.25, -0.2) is 4.79 Å². The highest BCUT2D eigenvalue weighted by molar-refractivity contribution is 5.74. The summed E-state index contributed by atoms with van der Waals surface area (Å²) in [5.41, 5.74) is 0.755. The van der Waals surface area contributed by atoms with Crippen molar-refractivity contribution in [1.82, 2.24) is 10.6 Å². The summed E-state index contributed by atoms with van der Waals surface area (Å²) in [4.78, 5) is 11.9. The van der Waals surface area contributed by atoms with Crippen LogP contribution in [-0.4, -0.2) is 29.8 Å². The molecule has 3 N–H and O–H groups in total. The van der Waals surface area contributed by atoms with Crippen LogP contribution in [0.5, 0.6) is 0 Å². The number of amides is 2. The molecule has 0 aromatic heterocycles. The van der Waals surface area contributed by atoms with Crippen LogP contribution >= 0.6 is 0 Å². The number of benzene rings is 1. The molecular formula is C17H24N2O2. The zero-order valence-electron chi connectivity index (χ0n) is 12.4. The van der Waals surface area contributed by atoms with E-state index in [1.165, 1.54) is 12.0 Å². The molecule has 21 heavy (non-hydrogen) atoms. The van der Waals surface area contributed by atoms with E-state index in [-0.39, 0.29) is 11.4 Å². The molecule has 2 saturated carbocycles. The molecule has 2 aliphatic carbocycles. The van der Waals surface area contributed by atoms with Crippen LogP contribution in [0.4, 0.5) is 4.79 Å². The summed E-state index contributed by atoms with van der Waals surface area (Å²) >= 11 is 0. The first kappa shape index (κ1) is 14.4. The van der Waals surface area contributed by atoms with Crippen molar-refractivity contribution in [3.63, 3.8) is 0 Å². The summed E-state index contributed by atoms with van der Waals surface area (Å²) < 4.78 is 0. The van der Waals surface area contributed by atoms with E-state index in [2.05, 4.69) is 34.9 Å². The van der Waals surface area contributed by atoms with E-state index >= 15 is 0 Å². The lowest BCUT2D eigenvalue weighted by atomic mass is 9.64. The Morgan fingerprint density at radius 1 is 1.00 bits per heavy atom. The summed E-state index contributed by atoms with van der Waals surface area (Å²) in [6, 6.07) is 10.3. The average Bonchev–Trinajstić information content (AvgIpc) is 2.43. The van der Waals surface area contributed by atoms with Gasteiger partial charge in [0.2, 0.25) is 0 Å². The molecule has 0 unspecified atom stereocenters. The third-order valence-electron chi connectivity index (χ3n) is 5.15. The van der Waals surface area contributed by atoms with Crippen LogP contribution in [0.15, 0.2) is 30.3 Å². The molecule has 0 spiro atoms. The van der Waals surface area contributed by atoms with Crippen molar-refractivity contribution in [2.45, 2.75) is 49.5 Å². The summed E-state index contributed by atoms with van der Waals surface area (Å²) in [6.45, 7) is 1.03.